The average Bonchev–Trinajstić information content (AvgIpc) is 3.02. The van der Waals surface area contributed by atoms with Gasteiger partial charge in [0.2, 0.25) is 5.91 Å². The quantitative estimate of drug-likeness (QED) is 0.363. The number of nitrogens with zero attached hydrogens (tertiary/aromatic N) is 2. The van der Waals surface area contributed by atoms with Crippen molar-refractivity contribution in [1.82, 2.24) is 15.5 Å². The van der Waals surface area contributed by atoms with Crippen LogP contribution in [0.25, 0.3) is 0 Å². The molecule has 0 unspecified atom stereocenters. The van der Waals surface area contributed by atoms with E-state index in [0.29, 0.717) is 12.2 Å². The number of rotatable bonds is 9. The molecule has 1 aliphatic heterocycles. The molecule has 0 atom stereocenters. The molecular weight excluding hydrogens is 316 g/mol. The van der Waals surface area contributed by atoms with Crippen LogP contribution in [0.1, 0.15) is 38.2 Å². The minimum atomic E-state index is 0.281. The Hall–Kier alpha value is -2.24. The molecule has 0 spiro atoms. The van der Waals surface area contributed by atoms with Gasteiger partial charge >= 0.3 is 0 Å². The number of carbonyl (C=O) groups excluding carboxylic acids is 1. The fourth-order valence-corrected chi connectivity index (χ4v) is 2.90. The van der Waals surface area contributed by atoms with Crippen LogP contribution in [0.4, 0.5) is 0 Å². The lowest BCUT2D eigenvalue weighted by Gasteiger charge is -2.15. The van der Waals surface area contributed by atoms with E-state index < -0.39 is 0 Å². The topological polar surface area (TPSA) is 77.0 Å². The van der Waals surface area contributed by atoms with Crippen LogP contribution in [0.5, 0.6) is 5.75 Å². The van der Waals surface area contributed by atoms with Gasteiger partial charge in [0.1, 0.15) is 5.75 Å². The van der Waals surface area contributed by atoms with E-state index in [1.807, 2.05) is 17.0 Å². The highest BCUT2D eigenvalue weighted by atomic mass is 16.3. The predicted octanol–water partition coefficient (Wildman–Crippen LogP) is 1.89. The van der Waals surface area contributed by atoms with Crippen LogP contribution in [-0.4, -0.2) is 54.6 Å². The van der Waals surface area contributed by atoms with Crippen LogP contribution >= 0.6 is 0 Å². The zero-order valence-electron chi connectivity index (χ0n) is 15.1. The van der Waals surface area contributed by atoms with Crippen molar-refractivity contribution in [3.8, 4) is 5.75 Å². The van der Waals surface area contributed by atoms with E-state index in [-0.39, 0.29) is 5.91 Å². The van der Waals surface area contributed by atoms with Gasteiger partial charge in [-0.15, -0.1) is 0 Å². The van der Waals surface area contributed by atoms with Crippen LogP contribution in [0, 0.1) is 0 Å². The minimum Gasteiger partial charge on any atom is -0.508 e. The molecule has 6 heteroatoms. The Morgan fingerprint density at radius 3 is 2.72 bits per heavy atom. The van der Waals surface area contributed by atoms with Gasteiger partial charge in [-0.1, -0.05) is 12.1 Å². The van der Waals surface area contributed by atoms with Gasteiger partial charge in [-0.05, 0) is 50.3 Å². The Morgan fingerprint density at radius 2 is 2.04 bits per heavy atom. The number of phenolic OH excluding ortho intramolecular Hbond substituents is 1. The van der Waals surface area contributed by atoms with Crippen molar-refractivity contribution in [2.24, 2.45) is 4.99 Å². The number of nitrogens with one attached hydrogen (secondary N) is 2. The van der Waals surface area contributed by atoms with E-state index in [1.165, 1.54) is 5.56 Å². The Kier molecular flexibility index (Phi) is 8.09. The molecular formula is C19H30N4O2. The number of benzene rings is 1. The van der Waals surface area contributed by atoms with E-state index in [4.69, 9.17) is 0 Å². The van der Waals surface area contributed by atoms with E-state index in [9.17, 15) is 9.90 Å². The third kappa shape index (κ3) is 7.03. The Morgan fingerprint density at radius 1 is 1.24 bits per heavy atom. The first-order valence-electron chi connectivity index (χ1n) is 9.27. The van der Waals surface area contributed by atoms with E-state index in [2.05, 4.69) is 22.5 Å². The second-order valence-corrected chi connectivity index (χ2v) is 6.30. The predicted molar refractivity (Wildman–Crippen MR) is 101 cm³/mol. The van der Waals surface area contributed by atoms with Crippen molar-refractivity contribution >= 4 is 11.9 Å². The zero-order chi connectivity index (χ0) is 17.9. The second kappa shape index (κ2) is 10.6. The molecule has 6 nitrogen and oxygen atoms in total. The molecule has 1 fully saturated rings. The maximum Gasteiger partial charge on any atom is 0.222 e. The summed E-state index contributed by atoms with van der Waals surface area (Å²) in [6.07, 6.45) is 4.55. The van der Waals surface area contributed by atoms with Crippen molar-refractivity contribution < 1.29 is 9.90 Å². The van der Waals surface area contributed by atoms with Crippen molar-refractivity contribution in [3.05, 3.63) is 29.8 Å². The van der Waals surface area contributed by atoms with Crippen LogP contribution < -0.4 is 10.6 Å². The summed E-state index contributed by atoms with van der Waals surface area (Å²) in [5.74, 6) is 1.42. The lowest BCUT2D eigenvalue weighted by Crippen LogP contribution is -2.38. The van der Waals surface area contributed by atoms with Gasteiger partial charge < -0.3 is 20.6 Å². The van der Waals surface area contributed by atoms with Crippen molar-refractivity contribution in [2.45, 2.75) is 39.0 Å². The molecule has 0 aliphatic carbocycles. The number of carbonyl (C=O) groups is 1. The number of likely N-dealkylation sites (tertiary alicyclic amines) is 1. The summed E-state index contributed by atoms with van der Waals surface area (Å²) in [4.78, 5) is 18.1. The molecule has 3 N–H and O–H groups in total. The number of aryl methyl sites for hydroxylation is 1. The smallest absolute Gasteiger partial charge is 0.222 e. The minimum absolute atomic E-state index is 0.281. The molecule has 25 heavy (non-hydrogen) atoms. The number of aliphatic imine (C=N–C) groups is 1. The first-order valence-corrected chi connectivity index (χ1v) is 9.27. The molecule has 0 aromatic heterocycles. The third-order valence-corrected chi connectivity index (χ3v) is 4.24. The average molecular weight is 346 g/mol. The number of hydrogen-bond acceptors (Lipinski definition) is 3. The summed E-state index contributed by atoms with van der Waals surface area (Å²) in [6, 6.07) is 7.35. The number of hydrogen-bond donors (Lipinski definition) is 3. The summed E-state index contributed by atoms with van der Waals surface area (Å²) >= 11 is 0. The SMILES string of the molecule is CCNC(=NCCCN1CCCC1=O)NCCCc1ccc(O)cc1. The number of amides is 1. The van der Waals surface area contributed by atoms with Gasteiger partial charge in [0.05, 0.1) is 0 Å². The summed E-state index contributed by atoms with van der Waals surface area (Å²) in [6.45, 7) is 6.15. The van der Waals surface area contributed by atoms with Crippen LogP contribution in [-0.2, 0) is 11.2 Å². The van der Waals surface area contributed by atoms with E-state index in [1.54, 1.807) is 12.1 Å². The number of phenols is 1. The van der Waals surface area contributed by atoms with Gasteiger partial charge in [0.25, 0.3) is 0 Å². The van der Waals surface area contributed by atoms with Crippen molar-refractivity contribution in [3.63, 3.8) is 0 Å². The highest BCUT2D eigenvalue weighted by molar-refractivity contribution is 5.79. The molecule has 1 aromatic carbocycles. The maximum absolute atomic E-state index is 11.6. The Bertz CT molecular complexity index is 557. The highest BCUT2D eigenvalue weighted by Crippen LogP contribution is 2.11. The summed E-state index contributed by atoms with van der Waals surface area (Å²) < 4.78 is 0. The molecule has 0 saturated carbocycles. The monoisotopic (exact) mass is 346 g/mol. The van der Waals surface area contributed by atoms with Gasteiger partial charge in [-0.25, -0.2) is 0 Å². The van der Waals surface area contributed by atoms with Gasteiger partial charge in [0.15, 0.2) is 5.96 Å². The summed E-state index contributed by atoms with van der Waals surface area (Å²) in [5.41, 5.74) is 1.22. The molecule has 1 aromatic rings. The largest absolute Gasteiger partial charge is 0.508 e. The lowest BCUT2D eigenvalue weighted by atomic mass is 10.1. The number of aromatic hydroxyl groups is 1. The van der Waals surface area contributed by atoms with Crippen LogP contribution in [0.3, 0.4) is 0 Å². The number of guanidine groups is 1. The van der Waals surface area contributed by atoms with Crippen LogP contribution in [0.2, 0.25) is 0 Å². The summed E-state index contributed by atoms with van der Waals surface area (Å²) in [5, 5.41) is 15.9. The highest BCUT2D eigenvalue weighted by Gasteiger charge is 2.18. The third-order valence-electron chi connectivity index (χ3n) is 4.24. The molecule has 138 valence electrons. The van der Waals surface area contributed by atoms with Crippen molar-refractivity contribution in [1.29, 1.82) is 0 Å². The van der Waals surface area contributed by atoms with Crippen LogP contribution in [0.15, 0.2) is 29.3 Å². The van der Waals surface area contributed by atoms with Gasteiger partial charge in [-0.3, -0.25) is 9.79 Å². The molecule has 0 radical (unpaired) electrons. The lowest BCUT2D eigenvalue weighted by molar-refractivity contribution is -0.127. The zero-order valence-corrected chi connectivity index (χ0v) is 15.1. The first kappa shape index (κ1) is 19.1. The fourth-order valence-electron chi connectivity index (χ4n) is 2.90. The van der Waals surface area contributed by atoms with E-state index >= 15 is 0 Å². The molecule has 1 saturated heterocycles. The fraction of sp³-hybridized carbons (Fsp3) is 0.579. The molecule has 1 aliphatic rings. The standard InChI is InChI=1S/C19H30N4O2/c1-2-20-19(22-13-5-15-23-14-4-7-18(23)25)21-12-3-6-16-8-10-17(24)11-9-16/h8-11,24H,2-7,12-15H2,1H3,(H2,20,21,22). The van der Waals surface area contributed by atoms with E-state index in [0.717, 1.165) is 64.4 Å². The van der Waals surface area contributed by atoms with Crippen molar-refractivity contribution in [2.75, 3.05) is 32.7 Å². The second-order valence-electron chi connectivity index (χ2n) is 6.30. The molecule has 0 bridgehead atoms. The Balaban J connectivity index is 1.64. The molecule has 2 rings (SSSR count). The maximum atomic E-state index is 11.6. The molecule has 1 amide bonds. The first-order chi connectivity index (χ1) is 12.2. The molecule has 1 heterocycles. The van der Waals surface area contributed by atoms with Gasteiger partial charge in [0, 0.05) is 39.1 Å². The Labute approximate surface area is 150 Å². The summed E-state index contributed by atoms with van der Waals surface area (Å²) in [7, 11) is 0. The van der Waals surface area contributed by atoms with Gasteiger partial charge in [-0.2, -0.15) is 0 Å². The normalized spacial score (nSPS) is 14.8.